The molecule has 1 N–H and O–H groups in total. The quantitative estimate of drug-likeness (QED) is 0.847. The third-order valence-corrected chi connectivity index (χ3v) is 5.53. The van der Waals surface area contributed by atoms with Gasteiger partial charge in [0.1, 0.15) is 0 Å². The van der Waals surface area contributed by atoms with Gasteiger partial charge in [-0.2, -0.15) is 0 Å². The first kappa shape index (κ1) is 15.2. The fourth-order valence-electron chi connectivity index (χ4n) is 3.61. The second-order valence-electron chi connectivity index (χ2n) is 6.13. The number of para-hydroxylation sites is 1. The zero-order valence-corrected chi connectivity index (χ0v) is 14.7. The number of hydrogen-bond donors (Lipinski definition) is 1. The van der Waals surface area contributed by atoms with Crippen LogP contribution in [0.3, 0.4) is 0 Å². The van der Waals surface area contributed by atoms with Crippen molar-refractivity contribution in [1.29, 1.82) is 0 Å². The third kappa shape index (κ3) is 2.21. The predicted octanol–water partition coefficient (Wildman–Crippen LogP) is 4.55. The Labute approximate surface area is 149 Å². The molecule has 0 aliphatic carbocycles. The van der Waals surface area contributed by atoms with Gasteiger partial charge in [-0.3, -0.25) is 0 Å². The molecule has 24 heavy (non-hydrogen) atoms. The van der Waals surface area contributed by atoms with Gasteiger partial charge in [-0.25, -0.2) is 4.79 Å². The van der Waals surface area contributed by atoms with Crippen LogP contribution in [0.1, 0.15) is 16.7 Å². The summed E-state index contributed by atoms with van der Waals surface area (Å²) in [6.45, 7) is 2.06. The van der Waals surface area contributed by atoms with Crippen molar-refractivity contribution in [2.24, 2.45) is 0 Å². The Morgan fingerprint density at radius 1 is 1.21 bits per heavy atom. The number of benzene rings is 2. The molecule has 0 fully saturated rings. The zero-order valence-electron chi connectivity index (χ0n) is 13.2. The van der Waals surface area contributed by atoms with Crippen LogP contribution in [0.4, 0.5) is 5.69 Å². The highest BCUT2D eigenvalue weighted by Gasteiger charge is 2.38. The number of rotatable bonds is 3. The van der Waals surface area contributed by atoms with Crippen molar-refractivity contribution in [3.8, 4) is 0 Å². The van der Waals surface area contributed by atoms with E-state index >= 15 is 0 Å². The van der Waals surface area contributed by atoms with Crippen molar-refractivity contribution in [2.45, 2.75) is 19.4 Å². The van der Waals surface area contributed by atoms with Gasteiger partial charge in [-0.1, -0.05) is 46.3 Å². The number of aryl methyl sites for hydroxylation is 1. The Bertz CT molecular complexity index is 893. The summed E-state index contributed by atoms with van der Waals surface area (Å²) in [4.78, 5) is 13.9. The smallest absolute Gasteiger partial charge is 0.331 e. The summed E-state index contributed by atoms with van der Waals surface area (Å²) in [5.74, 6) is -0.814. The van der Waals surface area contributed by atoms with Crippen LogP contribution in [0, 0.1) is 6.92 Å². The molecule has 3 aliphatic heterocycles. The van der Waals surface area contributed by atoms with E-state index in [4.69, 9.17) is 0 Å². The molecule has 3 nitrogen and oxygen atoms in total. The van der Waals surface area contributed by atoms with Crippen molar-refractivity contribution in [2.75, 3.05) is 4.90 Å². The highest BCUT2D eigenvalue weighted by atomic mass is 79.9. The fraction of sp³-hybridized carbons (Fsp3) is 0.150. The minimum absolute atomic E-state index is 0.620. The number of carboxylic acid groups (broad SMARTS) is 1. The first-order valence-corrected chi connectivity index (χ1v) is 8.63. The monoisotopic (exact) mass is 381 g/mol. The summed E-state index contributed by atoms with van der Waals surface area (Å²) in [7, 11) is 0. The number of fused-ring (bicyclic) bond motifs is 1. The summed E-state index contributed by atoms with van der Waals surface area (Å²) in [6.07, 6.45) is 4.53. The van der Waals surface area contributed by atoms with Gasteiger partial charge in [0.2, 0.25) is 0 Å². The predicted molar refractivity (Wildman–Crippen MR) is 99.0 cm³/mol. The van der Waals surface area contributed by atoms with Crippen LogP contribution in [0.2, 0.25) is 0 Å². The maximum atomic E-state index is 12.0. The third-order valence-electron chi connectivity index (χ3n) is 4.78. The van der Waals surface area contributed by atoms with Gasteiger partial charge >= 0.3 is 5.97 Å². The normalized spacial score (nSPS) is 18.1. The summed E-state index contributed by atoms with van der Waals surface area (Å²) in [6, 6.07) is 13.4. The number of nitrogens with zero attached hydrogens (tertiary/aromatic N) is 1. The van der Waals surface area contributed by atoms with E-state index in [0.717, 1.165) is 38.0 Å². The van der Waals surface area contributed by atoms with Gasteiger partial charge in [-0.05, 0) is 53.8 Å². The van der Waals surface area contributed by atoms with E-state index < -0.39 is 12.0 Å². The number of carboxylic acids is 1. The molecule has 3 aliphatic rings. The van der Waals surface area contributed by atoms with Gasteiger partial charge < -0.3 is 10.0 Å². The standard InChI is InChI=1S/C20H16BrNO2/c1-12-5-4-7-17(21)15(12)11-16-13-9-10-22(19(16)20(23)24)18-8-3-2-6-14(13)18/h2-10,19H,11H2,1H3,(H,23,24). The number of allylic oxidation sites excluding steroid dienone is 2. The lowest BCUT2D eigenvalue weighted by Crippen LogP contribution is -2.45. The van der Waals surface area contributed by atoms with Crippen LogP contribution < -0.4 is 4.90 Å². The number of anilines is 1. The lowest BCUT2D eigenvalue weighted by atomic mass is 9.82. The number of carbonyl (C=O) groups is 1. The van der Waals surface area contributed by atoms with E-state index in [0.29, 0.717) is 6.42 Å². The molecule has 1 unspecified atom stereocenters. The summed E-state index contributed by atoms with van der Waals surface area (Å²) in [5, 5.41) is 9.85. The maximum absolute atomic E-state index is 12.0. The summed E-state index contributed by atoms with van der Waals surface area (Å²) < 4.78 is 1.02. The van der Waals surface area contributed by atoms with Gasteiger partial charge in [-0.15, -0.1) is 0 Å². The number of halogens is 1. The molecule has 0 amide bonds. The van der Waals surface area contributed by atoms with E-state index in [1.807, 2.05) is 47.5 Å². The van der Waals surface area contributed by atoms with Crippen molar-refractivity contribution in [1.82, 2.24) is 0 Å². The van der Waals surface area contributed by atoms with Gasteiger partial charge in [0.25, 0.3) is 0 Å². The Balaban J connectivity index is 1.90. The van der Waals surface area contributed by atoms with Crippen LogP contribution in [0.25, 0.3) is 5.57 Å². The van der Waals surface area contributed by atoms with Crippen LogP contribution in [-0.4, -0.2) is 17.1 Å². The molecule has 0 aromatic heterocycles. The Hall–Kier alpha value is -2.33. The molecule has 1 atom stereocenters. The van der Waals surface area contributed by atoms with Gasteiger partial charge in [0, 0.05) is 21.9 Å². The largest absolute Gasteiger partial charge is 0.479 e. The molecular weight excluding hydrogens is 366 g/mol. The molecule has 0 saturated heterocycles. The number of aliphatic carboxylic acids is 1. The lowest BCUT2D eigenvalue weighted by Gasteiger charge is -2.40. The van der Waals surface area contributed by atoms with E-state index in [1.165, 1.54) is 0 Å². The lowest BCUT2D eigenvalue weighted by molar-refractivity contribution is -0.137. The molecule has 2 aromatic carbocycles. The molecule has 0 saturated carbocycles. The van der Waals surface area contributed by atoms with Crippen molar-refractivity contribution in [3.05, 3.63) is 81.5 Å². The SMILES string of the molecule is Cc1cccc(Br)c1CC1=C2C=CN(c3ccccc32)C1C(=O)O. The molecule has 0 radical (unpaired) electrons. The Morgan fingerprint density at radius 2 is 2.00 bits per heavy atom. The second-order valence-corrected chi connectivity index (χ2v) is 6.99. The maximum Gasteiger partial charge on any atom is 0.331 e. The minimum Gasteiger partial charge on any atom is -0.479 e. The van der Waals surface area contributed by atoms with Gasteiger partial charge in [0.15, 0.2) is 6.04 Å². The highest BCUT2D eigenvalue weighted by molar-refractivity contribution is 9.10. The molecule has 120 valence electrons. The molecule has 0 spiro atoms. The van der Waals surface area contributed by atoms with Crippen LogP contribution in [0.5, 0.6) is 0 Å². The average molecular weight is 382 g/mol. The fourth-order valence-corrected chi connectivity index (χ4v) is 4.22. The highest BCUT2D eigenvalue weighted by Crippen LogP contribution is 2.44. The van der Waals surface area contributed by atoms with Crippen molar-refractivity contribution in [3.63, 3.8) is 0 Å². The van der Waals surface area contributed by atoms with Crippen molar-refractivity contribution >= 4 is 33.2 Å². The van der Waals surface area contributed by atoms with Crippen molar-refractivity contribution < 1.29 is 9.90 Å². The molecule has 2 bridgehead atoms. The van der Waals surface area contributed by atoms with Crippen LogP contribution in [0.15, 0.2) is 64.8 Å². The Morgan fingerprint density at radius 3 is 2.75 bits per heavy atom. The second kappa shape index (κ2) is 5.64. The summed E-state index contributed by atoms with van der Waals surface area (Å²) in [5.41, 5.74) is 6.36. The van der Waals surface area contributed by atoms with E-state index in [9.17, 15) is 9.90 Å². The van der Waals surface area contributed by atoms with Crippen LogP contribution in [-0.2, 0) is 11.2 Å². The molecular formula is C20H16BrNO2. The molecule has 2 aromatic rings. The molecule has 3 heterocycles. The van der Waals surface area contributed by atoms with E-state index in [1.54, 1.807) is 0 Å². The zero-order chi connectivity index (χ0) is 16.8. The first-order valence-electron chi connectivity index (χ1n) is 7.83. The topological polar surface area (TPSA) is 40.5 Å². The summed E-state index contributed by atoms with van der Waals surface area (Å²) >= 11 is 3.61. The van der Waals surface area contributed by atoms with E-state index in [-0.39, 0.29) is 0 Å². The molecule has 4 heteroatoms. The average Bonchev–Trinajstić information content (AvgIpc) is 2.58. The Kier molecular flexibility index (Phi) is 3.57. The molecule has 5 rings (SSSR count). The number of hydrogen-bond acceptors (Lipinski definition) is 2. The van der Waals surface area contributed by atoms with Gasteiger partial charge in [0.05, 0.1) is 0 Å². The minimum atomic E-state index is -0.814. The van der Waals surface area contributed by atoms with E-state index in [2.05, 4.69) is 35.0 Å². The first-order chi connectivity index (χ1) is 11.6. The van der Waals surface area contributed by atoms with Crippen LogP contribution >= 0.6 is 15.9 Å².